The third-order valence-electron chi connectivity index (χ3n) is 3.55. The molecule has 0 unspecified atom stereocenters. The lowest BCUT2D eigenvalue weighted by molar-refractivity contribution is -0.384. The maximum Gasteiger partial charge on any atom is 0.447 e. The van der Waals surface area contributed by atoms with Gasteiger partial charge in [0.15, 0.2) is 9.84 Å². The maximum absolute atomic E-state index is 12.6. The normalized spacial score (nSPS) is 11.7. The molecule has 9 nitrogen and oxygen atoms in total. The van der Waals surface area contributed by atoms with E-state index >= 15 is 0 Å². The molecule has 30 heavy (non-hydrogen) atoms. The third kappa shape index (κ3) is 6.59. The Kier molecular flexibility index (Phi) is 7.25. The van der Waals surface area contributed by atoms with Crippen molar-refractivity contribution in [3.05, 3.63) is 52.2 Å². The quantitative estimate of drug-likeness (QED) is 0.264. The smallest absolute Gasteiger partial charge is 0.378 e. The molecule has 1 aromatic heterocycles. The molecule has 0 aliphatic carbocycles. The molecule has 1 heterocycles. The summed E-state index contributed by atoms with van der Waals surface area (Å²) in [7, 11) is -3.64. The van der Waals surface area contributed by atoms with Gasteiger partial charge in [-0.3, -0.25) is 14.9 Å². The first-order valence-corrected chi connectivity index (χ1v) is 10.8. The lowest BCUT2D eigenvalue weighted by atomic mass is 10.2. The standard InChI is InChI=1S/C16H15F3N4O5S2/c1-30(27,28)10-4-5-12(13(9-10)23(25)26)20-7-8-21-14(24)11-3-2-6-22-15(11)29-16(17,18)19/h2-6,9,20H,7-8H2,1H3,(H,21,24). The molecule has 2 N–H and O–H groups in total. The Balaban J connectivity index is 2.02. The number of nitrogens with zero attached hydrogens (tertiary/aromatic N) is 2. The summed E-state index contributed by atoms with van der Waals surface area (Å²) in [5.74, 6) is -0.793. The van der Waals surface area contributed by atoms with E-state index in [9.17, 15) is 36.5 Å². The molecule has 162 valence electrons. The van der Waals surface area contributed by atoms with Gasteiger partial charge >= 0.3 is 5.51 Å². The number of hydrogen-bond donors (Lipinski definition) is 2. The number of sulfone groups is 1. The van der Waals surface area contributed by atoms with Crippen LogP contribution in [0.25, 0.3) is 0 Å². The van der Waals surface area contributed by atoms with Gasteiger partial charge in [-0.25, -0.2) is 13.4 Å². The zero-order chi connectivity index (χ0) is 22.5. The molecular weight excluding hydrogens is 449 g/mol. The number of nitro groups is 1. The predicted molar refractivity (Wildman–Crippen MR) is 103 cm³/mol. The van der Waals surface area contributed by atoms with Crippen LogP contribution in [0.4, 0.5) is 24.5 Å². The van der Waals surface area contributed by atoms with E-state index in [0.29, 0.717) is 0 Å². The van der Waals surface area contributed by atoms with Crippen LogP contribution in [0.3, 0.4) is 0 Å². The minimum atomic E-state index is -4.61. The summed E-state index contributed by atoms with van der Waals surface area (Å²) in [6.07, 6.45) is 2.05. The Morgan fingerprint density at radius 1 is 1.27 bits per heavy atom. The summed E-state index contributed by atoms with van der Waals surface area (Å²) in [5, 5.41) is 15.8. The van der Waals surface area contributed by atoms with Crippen LogP contribution in [-0.2, 0) is 9.84 Å². The largest absolute Gasteiger partial charge is 0.447 e. The van der Waals surface area contributed by atoms with Crippen molar-refractivity contribution in [1.29, 1.82) is 0 Å². The van der Waals surface area contributed by atoms with E-state index < -0.39 is 48.7 Å². The van der Waals surface area contributed by atoms with Crippen molar-refractivity contribution < 1.29 is 31.3 Å². The highest BCUT2D eigenvalue weighted by molar-refractivity contribution is 8.00. The number of pyridine rings is 1. The Hall–Kier alpha value is -2.87. The molecule has 14 heteroatoms. The first-order valence-electron chi connectivity index (χ1n) is 8.10. The van der Waals surface area contributed by atoms with Crippen molar-refractivity contribution in [2.75, 3.05) is 24.7 Å². The Bertz CT molecular complexity index is 1060. The van der Waals surface area contributed by atoms with Gasteiger partial charge < -0.3 is 10.6 Å². The fourth-order valence-electron chi connectivity index (χ4n) is 2.27. The lowest BCUT2D eigenvalue weighted by Gasteiger charge is -2.11. The van der Waals surface area contributed by atoms with Crippen LogP contribution in [0.1, 0.15) is 10.4 Å². The monoisotopic (exact) mass is 464 g/mol. The highest BCUT2D eigenvalue weighted by Crippen LogP contribution is 2.37. The summed E-state index contributed by atoms with van der Waals surface area (Å²) in [5.41, 5.74) is -5.32. The van der Waals surface area contributed by atoms with Gasteiger partial charge in [-0.15, -0.1) is 0 Å². The number of anilines is 1. The molecule has 0 fully saturated rings. The molecule has 0 spiro atoms. The molecule has 1 aromatic carbocycles. The topological polar surface area (TPSA) is 131 Å². The van der Waals surface area contributed by atoms with E-state index in [2.05, 4.69) is 15.6 Å². The van der Waals surface area contributed by atoms with Gasteiger partial charge in [-0.05, 0) is 24.3 Å². The van der Waals surface area contributed by atoms with E-state index in [-0.39, 0.29) is 29.2 Å². The number of benzene rings is 1. The van der Waals surface area contributed by atoms with E-state index in [1.165, 1.54) is 24.3 Å². The van der Waals surface area contributed by atoms with Crippen molar-refractivity contribution in [2.24, 2.45) is 0 Å². The predicted octanol–water partition coefficient (Wildman–Crippen LogP) is 2.85. The van der Waals surface area contributed by atoms with Crippen molar-refractivity contribution >= 4 is 38.9 Å². The molecule has 0 aliphatic heterocycles. The zero-order valence-electron chi connectivity index (χ0n) is 15.3. The summed E-state index contributed by atoms with van der Waals surface area (Å²) in [6.45, 7) is -0.0817. The fraction of sp³-hybridized carbons (Fsp3) is 0.250. The minimum Gasteiger partial charge on any atom is -0.378 e. The van der Waals surface area contributed by atoms with Crippen molar-refractivity contribution in [3.63, 3.8) is 0 Å². The van der Waals surface area contributed by atoms with Crippen LogP contribution in [0.5, 0.6) is 0 Å². The molecule has 2 rings (SSSR count). The first kappa shape index (κ1) is 23.4. The van der Waals surface area contributed by atoms with Crippen LogP contribution in [0.2, 0.25) is 0 Å². The fourth-order valence-corrected chi connectivity index (χ4v) is 3.51. The van der Waals surface area contributed by atoms with Crippen molar-refractivity contribution in [1.82, 2.24) is 10.3 Å². The number of carbonyl (C=O) groups is 1. The van der Waals surface area contributed by atoms with E-state index in [4.69, 9.17) is 0 Å². The van der Waals surface area contributed by atoms with Crippen LogP contribution in [0, 0.1) is 10.1 Å². The van der Waals surface area contributed by atoms with Gasteiger partial charge in [0.1, 0.15) is 10.7 Å². The number of aromatic nitrogens is 1. The number of alkyl halides is 3. The van der Waals surface area contributed by atoms with E-state index in [0.717, 1.165) is 18.5 Å². The molecule has 1 amide bonds. The number of carbonyl (C=O) groups excluding carboxylic acids is 1. The molecule has 0 atom stereocenters. The van der Waals surface area contributed by atoms with Crippen LogP contribution < -0.4 is 10.6 Å². The Labute approximate surface area is 173 Å². The SMILES string of the molecule is CS(=O)(=O)c1ccc(NCCNC(=O)c2cccnc2SC(F)(F)F)c([N+](=O)[O-])c1. The van der Waals surface area contributed by atoms with Gasteiger partial charge in [0.05, 0.1) is 15.4 Å². The van der Waals surface area contributed by atoms with Crippen LogP contribution in [0.15, 0.2) is 46.5 Å². The first-order chi connectivity index (χ1) is 13.9. The molecule has 0 saturated heterocycles. The molecular formula is C16H15F3N4O5S2. The number of hydrogen-bond acceptors (Lipinski definition) is 8. The summed E-state index contributed by atoms with van der Waals surface area (Å²) < 4.78 is 60.8. The Morgan fingerprint density at radius 2 is 1.97 bits per heavy atom. The van der Waals surface area contributed by atoms with Crippen LogP contribution in [-0.4, -0.2) is 49.1 Å². The number of nitro benzene ring substituents is 1. The van der Waals surface area contributed by atoms with Gasteiger partial charge in [-0.2, -0.15) is 13.2 Å². The number of thioether (sulfide) groups is 1. The second-order valence-corrected chi connectivity index (χ2v) is 8.86. The number of rotatable bonds is 8. The minimum absolute atomic E-state index is 0.00713. The highest BCUT2D eigenvalue weighted by atomic mass is 32.2. The number of nitrogens with one attached hydrogen (secondary N) is 2. The number of amides is 1. The van der Waals surface area contributed by atoms with Crippen LogP contribution >= 0.6 is 11.8 Å². The average molecular weight is 464 g/mol. The molecule has 2 aromatic rings. The van der Waals surface area contributed by atoms with Crippen molar-refractivity contribution in [2.45, 2.75) is 15.4 Å². The van der Waals surface area contributed by atoms with Crippen molar-refractivity contribution in [3.8, 4) is 0 Å². The summed E-state index contributed by atoms with van der Waals surface area (Å²) in [4.78, 5) is 25.9. The second-order valence-electron chi connectivity index (χ2n) is 5.79. The average Bonchev–Trinajstić information content (AvgIpc) is 2.63. The lowest BCUT2D eigenvalue weighted by Crippen LogP contribution is -2.29. The van der Waals surface area contributed by atoms with Gasteiger partial charge in [0, 0.05) is 43.4 Å². The summed E-state index contributed by atoms with van der Waals surface area (Å²) >= 11 is -0.511. The van der Waals surface area contributed by atoms with Gasteiger partial charge in [0.2, 0.25) is 0 Å². The Morgan fingerprint density at radius 3 is 2.57 bits per heavy atom. The van der Waals surface area contributed by atoms with E-state index in [1.54, 1.807) is 0 Å². The zero-order valence-corrected chi connectivity index (χ0v) is 16.9. The molecule has 0 saturated carbocycles. The number of halogens is 3. The molecule has 0 bridgehead atoms. The second kappa shape index (κ2) is 9.30. The summed E-state index contributed by atoms with van der Waals surface area (Å²) in [6, 6.07) is 5.83. The van der Waals surface area contributed by atoms with E-state index in [1.807, 2.05) is 0 Å². The maximum atomic E-state index is 12.6. The third-order valence-corrected chi connectivity index (χ3v) is 5.41. The van der Waals surface area contributed by atoms with Gasteiger partial charge in [0.25, 0.3) is 11.6 Å². The molecule has 0 aliphatic rings. The molecule has 0 radical (unpaired) electrons. The van der Waals surface area contributed by atoms with Gasteiger partial charge in [-0.1, -0.05) is 0 Å². The highest BCUT2D eigenvalue weighted by Gasteiger charge is 2.32.